The molecule has 0 fully saturated rings. The van der Waals surface area contributed by atoms with E-state index in [0.29, 0.717) is 0 Å². The molecule has 0 radical (unpaired) electrons. The highest BCUT2D eigenvalue weighted by atomic mass is 32.2. The maximum Gasteiger partial charge on any atom is 0.136 e. The van der Waals surface area contributed by atoms with Crippen LogP contribution in [0.1, 0.15) is 45.1 Å². The minimum Gasteiger partial charge on any atom is -0.598 e. The summed E-state index contributed by atoms with van der Waals surface area (Å²) in [4.78, 5) is 0. The molecule has 104 valence electrons. The van der Waals surface area contributed by atoms with Crippen LogP contribution in [0.5, 0.6) is 0 Å². The molecule has 0 aliphatic rings. The van der Waals surface area contributed by atoms with Gasteiger partial charge in [-0.3, -0.25) is 0 Å². The second-order valence-corrected chi connectivity index (χ2v) is 7.85. The van der Waals surface area contributed by atoms with Gasteiger partial charge < -0.3 is 8.97 Å². The first-order valence-corrected chi connectivity index (χ1v) is 7.61. The lowest BCUT2D eigenvalue weighted by atomic mass is 10.1. The first kappa shape index (κ1) is 14.4. The van der Waals surface area contributed by atoms with Gasteiger partial charge in [-0.1, -0.05) is 12.1 Å². The van der Waals surface area contributed by atoms with Gasteiger partial charge in [0.1, 0.15) is 22.1 Å². The Morgan fingerprint density at radius 1 is 1.32 bits per heavy atom. The van der Waals surface area contributed by atoms with Crippen LogP contribution in [0.25, 0.3) is 11.0 Å². The third kappa shape index (κ3) is 3.14. The first-order valence-electron chi connectivity index (χ1n) is 6.46. The molecule has 0 aliphatic heterocycles. The molecule has 0 amide bonds. The minimum absolute atomic E-state index is 0.0770. The average molecular weight is 279 g/mol. The molecule has 2 atom stereocenters. The first-order chi connectivity index (χ1) is 8.79. The van der Waals surface area contributed by atoms with E-state index in [1.54, 1.807) is 0 Å². The van der Waals surface area contributed by atoms with E-state index < -0.39 is 11.4 Å². The van der Waals surface area contributed by atoms with Crippen LogP contribution in [0.2, 0.25) is 0 Å². The molecule has 0 unspecified atom stereocenters. The summed E-state index contributed by atoms with van der Waals surface area (Å²) in [5.41, 5.74) is 2.07. The molecule has 0 saturated heterocycles. The maximum atomic E-state index is 12.1. The second kappa shape index (κ2) is 5.19. The van der Waals surface area contributed by atoms with Crippen molar-refractivity contribution in [3.05, 3.63) is 35.6 Å². The number of hydrogen-bond acceptors (Lipinski definition) is 3. The molecule has 0 saturated carbocycles. The number of nitrogens with one attached hydrogen (secondary N) is 1. The van der Waals surface area contributed by atoms with Crippen LogP contribution in [-0.4, -0.2) is 9.30 Å². The Kier molecular flexibility index (Phi) is 3.95. The van der Waals surface area contributed by atoms with Crippen molar-refractivity contribution in [2.24, 2.45) is 0 Å². The van der Waals surface area contributed by atoms with Crippen molar-refractivity contribution in [3.8, 4) is 0 Å². The summed E-state index contributed by atoms with van der Waals surface area (Å²) in [5.74, 6) is 0.821. The Morgan fingerprint density at radius 2 is 2.00 bits per heavy atom. The van der Waals surface area contributed by atoms with Crippen LogP contribution in [0, 0.1) is 6.92 Å². The lowest BCUT2D eigenvalue weighted by molar-refractivity contribution is 0.475. The molecule has 0 spiro atoms. The Bertz CT molecular complexity index is 571. The number of hydrogen-bond donors (Lipinski definition) is 1. The number of rotatable bonds is 3. The van der Waals surface area contributed by atoms with E-state index in [4.69, 9.17) is 4.42 Å². The lowest BCUT2D eigenvalue weighted by Crippen LogP contribution is -2.40. The van der Waals surface area contributed by atoms with E-state index in [9.17, 15) is 4.55 Å². The fourth-order valence-electron chi connectivity index (χ4n) is 1.84. The predicted octanol–water partition coefficient (Wildman–Crippen LogP) is 3.85. The van der Waals surface area contributed by atoms with E-state index in [2.05, 4.69) is 17.7 Å². The van der Waals surface area contributed by atoms with Gasteiger partial charge in [0.2, 0.25) is 0 Å². The van der Waals surface area contributed by atoms with Crippen molar-refractivity contribution in [3.63, 3.8) is 0 Å². The summed E-state index contributed by atoms with van der Waals surface area (Å²) >= 11 is -1.10. The molecule has 1 aromatic heterocycles. The molecule has 19 heavy (non-hydrogen) atoms. The highest BCUT2D eigenvalue weighted by molar-refractivity contribution is 7.90. The number of aryl methyl sites for hydroxylation is 1. The molecular weight excluding hydrogens is 258 g/mol. The van der Waals surface area contributed by atoms with Crippen LogP contribution >= 0.6 is 0 Å². The maximum absolute atomic E-state index is 12.1. The number of benzene rings is 1. The van der Waals surface area contributed by atoms with E-state index in [1.165, 1.54) is 5.56 Å². The van der Waals surface area contributed by atoms with E-state index >= 15 is 0 Å². The van der Waals surface area contributed by atoms with Crippen LogP contribution in [0.4, 0.5) is 0 Å². The largest absolute Gasteiger partial charge is 0.598 e. The van der Waals surface area contributed by atoms with Crippen LogP contribution in [0.3, 0.4) is 0 Å². The smallest absolute Gasteiger partial charge is 0.136 e. The Labute approximate surface area is 117 Å². The summed E-state index contributed by atoms with van der Waals surface area (Å²) in [5, 5.41) is 1.12. The van der Waals surface area contributed by atoms with Gasteiger partial charge in [0.25, 0.3) is 0 Å². The molecule has 1 heterocycles. The van der Waals surface area contributed by atoms with E-state index in [1.807, 2.05) is 45.9 Å². The fourth-order valence-corrected chi connectivity index (χ4v) is 2.63. The topological polar surface area (TPSA) is 48.2 Å². The standard InChI is InChI=1S/C15H21NO2S/c1-10-7-6-8-13-12(10)9-14(18-13)11(2)16-19(17)15(3,4)5/h6-9,11,16H,1-5H3/t11-,19+/m1/s1. The average Bonchev–Trinajstić information content (AvgIpc) is 2.73. The fraction of sp³-hybridized carbons (Fsp3) is 0.467. The van der Waals surface area contributed by atoms with Gasteiger partial charge in [0.15, 0.2) is 0 Å². The molecule has 0 aliphatic carbocycles. The van der Waals surface area contributed by atoms with Crippen LogP contribution in [-0.2, 0) is 11.4 Å². The summed E-state index contributed by atoms with van der Waals surface area (Å²) in [6, 6.07) is 7.96. The van der Waals surface area contributed by atoms with E-state index in [-0.39, 0.29) is 10.8 Å². The monoisotopic (exact) mass is 279 g/mol. The van der Waals surface area contributed by atoms with Gasteiger partial charge in [-0.15, -0.1) is 4.72 Å². The zero-order valence-corrected chi connectivity index (χ0v) is 12.9. The molecule has 2 aromatic rings. The number of furan rings is 1. The number of fused-ring (bicyclic) bond motifs is 1. The van der Waals surface area contributed by atoms with Crippen molar-refractivity contribution >= 4 is 22.3 Å². The van der Waals surface area contributed by atoms with E-state index in [0.717, 1.165) is 16.7 Å². The molecule has 1 aromatic carbocycles. The molecule has 3 nitrogen and oxygen atoms in total. The third-order valence-corrected chi connectivity index (χ3v) is 4.75. The summed E-state index contributed by atoms with van der Waals surface area (Å²) in [6.45, 7) is 9.88. The van der Waals surface area contributed by atoms with Crippen LogP contribution < -0.4 is 4.72 Å². The summed E-state index contributed by atoms with van der Waals surface area (Å²) in [7, 11) is 0. The summed E-state index contributed by atoms with van der Waals surface area (Å²) < 4.78 is 20.7. The lowest BCUT2D eigenvalue weighted by Gasteiger charge is -2.25. The van der Waals surface area contributed by atoms with Gasteiger partial charge in [-0.05, 0) is 52.3 Å². The molecular formula is C15H21NO2S. The van der Waals surface area contributed by atoms with Gasteiger partial charge in [0, 0.05) is 16.7 Å². The highest BCUT2D eigenvalue weighted by Gasteiger charge is 2.29. The Balaban J connectivity index is 2.22. The van der Waals surface area contributed by atoms with Gasteiger partial charge in [-0.2, -0.15) is 0 Å². The van der Waals surface area contributed by atoms with Crippen LogP contribution in [0.15, 0.2) is 28.7 Å². The molecule has 4 heteroatoms. The third-order valence-electron chi connectivity index (χ3n) is 3.07. The predicted molar refractivity (Wildman–Crippen MR) is 80.4 cm³/mol. The van der Waals surface area contributed by atoms with Gasteiger partial charge >= 0.3 is 0 Å². The second-order valence-electron chi connectivity index (χ2n) is 5.86. The molecule has 2 rings (SSSR count). The highest BCUT2D eigenvalue weighted by Crippen LogP contribution is 2.27. The zero-order valence-electron chi connectivity index (χ0n) is 12.1. The summed E-state index contributed by atoms with van der Waals surface area (Å²) in [6.07, 6.45) is 0. The zero-order chi connectivity index (χ0) is 14.2. The van der Waals surface area contributed by atoms with Crippen molar-refractivity contribution in [2.75, 3.05) is 0 Å². The van der Waals surface area contributed by atoms with Crippen molar-refractivity contribution in [1.82, 2.24) is 4.72 Å². The Morgan fingerprint density at radius 3 is 2.58 bits per heavy atom. The Hall–Kier alpha value is -0.970. The van der Waals surface area contributed by atoms with Gasteiger partial charge in [0.05, 0.1) is 0 Å². The SMILES string of the molecule is Cc1cccc2oc([C@@H](C)N[S@@+]([O-])C(C)(C)C)cc12. The minimum atomic E-state index is -1.10. The quantitative estimate of drug-likeness (QED) is 0.868. The molecule has 1 N–H and O–H groups in total. The van der Waals surface area contributed by atoms with Crippen molar-refractivity contribution < 1.29 is 8.97 Å². The molecule has 0 bridgehead atoms. The van der Waals surface area contributed by atoms with Gasteiger partial charge in [-0.25, -0.2) is 0 Å². The van der Waals surface area contributed by atoms with Crippen molar-refractivity contribution in [1.29, 1.82) is 0 Å². The van der Waals surface area contributed by atoms with Crippen molar-refractivity contribution in [2.45, 2.75) is 45.4 Å². The normalized spacial score (nSPS) is 15.7.